The average Bonchev–Trinajstić information content (AvgIpc) is 2.28. The Hall–Kier alpha value is -1.14. The van der Waals surface area contributed by atoms with Gasteiger partial charge in [0, 0.05) is 16.2 Å². The highest BCUT2D eigenvalue weighted by molar-refractivity contribution is 14.1. The van der Waals surface area contributed by atoms with E-state index in [4.69, 9.17) is 10.5 Å². The Balaban J connectivity index is 2.26. The Morgan fingerprint density at radius 2 is 1.94 bits per heavy atom. The molecule has 0 unspecified atom stereocenters. The first-order valence-corrected chi connectivity index (χ1v) is 6.18. The molecule has 2 aromatic carbocycles. The fourth-order valence-electron chi connectivity index (χ4n) is 1.46. The van der Waals surface area contributed by atoms with Gasteiger partial charge in [-0.3, -0.25) is 0 Å². The first-order chi connectivity index (χ1) is 8.17. The van der Waals surface area contributed by atoms with Crippen molar-refractivity contribution in [2.45, 2.75) is 6.54 Å². The molecular weight excluding hydrogens is 332 g/mol. The Labute approximate surface area is 113 Å². The van der Waals surface area contributed by atoms with Crippen molar-refractivity contribution in [1.29, 1.82) is 0 Å². The molecule has 0 fully saturated rings. The van der Waals surface area contributed by atoms with E-state index < -0.39 is 0 Å². The van der Waals surface area contributed by atoms with Crippen molar-refractivity contribution in [2.24, 2.45) is 5.73 Å². The van der Waals surface area contributed by atoms with Crippen LogP contribution >= 0.6 is 22.6 Å². The summed E-state index contributed by atoms with van der Waals surface area (Å²) in [5.41, 5.74) is 6.20. The van der Waals surface area contributed by atoms with E-state index >= 15 is 0 Å². The molecule has 17 heavy (non-hydrogen) atoms. The minimum absolute atomic E-state index is 0.292. The predicted octanol–water partition coefficient (Wildman–Crippen LogP) is 3.68. The summed E-state index contributed by atoms with van der Waals surface area (Å²) >= 11 is 2.19. The van der Waals surface area contributed by atoms with Crippen molar-refractivity contribution in [3.63, 3.8) is 0 Å². The lowest BCUT2D eigenvalue weighted by Crippen LogP contribution is -1.97. The van der Waals surface area contributed by atoms with Crippen LogP contribution in [-0.4, -0.2) is 0 Å². The Kier molecular flexibility index (Phi) is 3.96. The van der Waals surface area contributed by atoms with Gasteiger partial charge in [-0.15, -0.1) is 0 Å². The molecule has 0 bridgehead atoms. The van der Waals surface area contributed by atoms with E-state index in [1.165, 1.54) is 12.1 Å². The molecule has 0 aromatic heterocycles. The number of benzene rings is 2. The molecule has 0 saturated heterocycles. The summed E-state index contributed by atoms with van der Waals surface area (Å²) in [5, 5.41) is 0. The fourth-order valence-corrected chi connectivity index (χ4v) is 1.98. The molecule has 2 rings (SSSR count). The minimum atomic E-state index is -0.339. The zero-order chi connectivity index (χ0) is 12.3. The lowest BCUT2D eigenvalue weighted by atomic mass is 10.2. The van der Waals surface area contributed by atoms with E-state index in [0.29, 0.717) is 23.6 Å². The number of ether oxygens (including phenoxy) is 1. The van der Waals surface area contributed by atoms with Crippen LogP contribution in [0.2, 0.25) is 0 Å². The highest BCUT2D eigenvalue weighted by atomic mass is 127. The van der Waals surface area contributed by atoms with Crippen molar-refractivity contribution in [3.8, 4) is 11.5 Å². The standard InChI is InChI=1S/C13H11FINO/c14-10-4-9(8-16)5-13(6-10)17-12-3-1-2-11(15)7-12/h1-7H,8,16H2. The summed E-state index contributed by atoms with van der Waals surface area (Å²) in [6.45, 7) is 0.292. The molecule has 4 heteroatoms. The van der Waals surface area contributed by atoms with E-state index in [9.17, 15) is 4.39 Å². The highest BCUT2D eigenvalue weighted by Gasteiger charge is 2.02. The maximum atomic E-state index is 13.3. The average molecular weight is 343 g/mol. The molecule has 0 radical (unpaired) electrons. The molecular formula is C13H11FINO. The molecule has 0 aliphatic heterocycles. The summed E-state index contributed by atoms with van der Waals surface area (Å²) in [4.78, 5) is 0. The number of hydrogen-bond acceptors (Lipinski definition) is 2. The molecule has 88 valence electrons. The van der Waals surface area contributed by atoms with Gasteiger partial charge in [0.1, 0.15) is 17.3 Å². The normalized spacial score (nSPS) is 10.3. The third kappa shape index (κ3) is 3.41. The van der Waals surface area contributed by atoms with Gasteiger partial charge < -0.3 is 10.5 Å². The van der Waals surface area contributed by atoms with Crippen molar-refractivity contribution < 1.29 is 9.13 Å². The lowest BCUT2D eigenvalue weighted by Gasteiger charge is -2.07. The highest BCUT2D eigenvalue weighted by Crippen LogP contribution is 2.24. The smallest absolute Gasteiger partial charge is 0.130 e. The Morgan fingerprint density at radius 1 is 1.12 bits per heavy atom. The molecule has 0 aliphatic carbocycles. The van der Waals surface area contributed by atoms with Crippen molar-refractivity contribution in [2.75, 3.05) is 0 Å². The van der Waals surface area contributed by atoms with Crippen molar-refractivity contribution in [1.82, 2.24) is 0 Å². The third-order valence-corrected chi connectivity index (χ3v) is 2.87. The maximum absolute atomic E-state index is 13.3. The molecule has 0 spiro atoms. The van der Waals surface area contributed by atoms with Gasteiger partial charge >= 0.3 is 0 Å². The predicted molar refractivity (Wildman–Crippen MR) is 73.5 cm³/mol. The van der Waals surface area contributed by atoms with Crippen LogP contribution in [0.4, 0.5) is 4.39 Å². The molecule has 0 aliphatic rings. The van der Waals surface area contributed by atoms with Crippen LogP contribution in [-0.2, 0) is 6.54 Å². The molecule has 2 nitrogen and oxygen atoms in total. The minimum Gasteiger partial charge on any atom is -0.457 e. The van der Waals surface area contributed by atoms with Crippen LogP contribution in [0.1, 0.15) is 5.56 Å². The van der Waals surface area contributed by atoms with Crippen LogP contribution in [0.15, 0.2) is 42.5 Å². The van der Waals surface area contributed by atoms with E-state index in [-0.39, 0.29) is 5.82 Å². The number of rotatable bonds is 3. The van der Waals surface area contributed by atoms with Gasteiger partial charge in [0.25, 0.3) is 0 Å². The second-order valence-electron chi connectivity index (χ2n) is 3.56. The van der Waals surface area contributed by atoms with Crippen molar-refractivity contribution >= 4 is 22.6 Å². The summed E-state index contributed by atoms with van der Waals surface area (Å²) in [5.74, 6) is 0.812. The molecule has 0 heterocycles. The monoisotopic (exact) mass is 343 g/mol. The quantitative estimate of drug-likeness (QED) is 0.863. The third-order valence-electron chi connectivity index (χ3n) is 2.20. The van der Waals surface area contributed by atoms with Gasteiger partial charge in [0.2, 0.25) is 0 Å². The number of nitrogens with two attached hydrogens (primary N) is 1. The first kappa shape index (κ1) is 12.3. The van der Waals surface area contributed by atoms with E-state index in [2.05, 4.69) is 22.6 Å². The summed E-state index contributed by atoms with van der Waals surface area (Å²) in [6.07, 6.45) is 0. The summed E-state index contributed by atoms with van der Waals surface area (Å²) in [7, 11) is 0. The van der Waals surface area contributed by atoms with Crippen LogP contribution in [0.25, 0.3) is 0 Å². The molecule has 2 N–H and O–H groups in total. The van der Waals surface area contributed by atoms with Crippen LogP contribution in [0, 0.1) is 9.39 Å². The second-order valence-corrected chi connectivity index (χ2v) is 4.80. The van der Waals surface area contributed by atoms with Gasteiger partial charge in [0.15, 0.2) is 0 Å². The van der Waals surface area contributed by atoms with Gasteiger partial charge in [-0.2, -0.15) is 0 Å². The summed E-state index contributed by atoms with van der Waals surface area (Å²) in [6, 6.07) is 12.1. The molecule has 0 saturated carbocycles. The Morgan fingerprint density at radius 3 is 2.65 bits per heavy atom. The Bertz CT molecular complexity index is 531. The van der Waals surface area contributed by atoms with E-state index in [0.717, 1.165) is 3.57 Å². The molecule has 0 atom stereocenters. The number of halogens is 2. The van der Waals surface area contributed by atoms with Gasteiger partial charge in [-0.25, -0.2) is 4.39 Å². The van der Waals surface area contributed by atoms with Crippen molar-refractivity contribution in [3.05, 3.63) is 57.4 Å². The first-order valence-electron chi connectivity index (χ1n) is 5.10. The van der Waals surface area contributed by atoms with Crippen LogP contribution < -0.4 is 10.5 Å². The number of hydrogen-bond donors (Lipinski definition) is 1. The van der Waals surface area contributed by atoms with Crippen LogP contribution in [0.3, 0.4) is 0 Å². The largest absolute Gasteiger partial charge is 0.457 e. The molecule has 2 aromatic rings. The van der Waals surface area contributed by atoms with E-state index in [1.807, 2.05) is 24.3 Å². The fraction of sp³-hybridized carbons (Fsp3) is 0.0769. The zero-order valence-corrected chi connectivity index (χ0v) is 11.1. The maximum Gasteiger partial charge on any atom is 0.130 e. The SMILES string of the molecule is NCc1cc(F)cc(Oc2cccc(I)c2)c1. The van der Waals surface area contributed by atoms with Gasteiger partial charge in [-0.1, -0.05) is 6.07 Å². The lowest BCUT2D eigenvalue weighted by molar-refractivity contribution is 0.475. The van der Waals surface area contributed by atoms with Gasteiger partial charge in [-0.05, 0) is 58.5 Å². The van der Waals surface area contributed by atoms with E-state index in [1.54, 1.807) is 6.07 Å². The van der Waals surface area contributed by atoms with Crippen LogP contribution in [0.5, 0.6) is 11.5 Å². The summed E-state index contributed by atoms with van der Waals surface area (Å²) < 4.78 is 19.9. The zero-order valence-electron chi connectivity index (χ0n) is 8.99. The topological polar surface area (TPSA) is 35.2 Å². The molecule has 0 amide bonds. The second kappa shape index (κ2) is 5.46. The van der Waals surface area contributed by atoms with Gasteiger partial charge in [0.05, 0.1) is 0 Å².